The molecule has 30 heavy (non-hydrogen) atoms. The van der Waals surface area contributed by atoms with E-state index in [0.717, 1.165) is 5.56 Å². The van der Waals surface area contributed by atoms with Gasteiger partial charge in [0, 0.05) is 21.1 Å². The van der Waals surface area contributed by atoms with Crippen LogP contribution in [0, 0.1) is 6.92 Å². The molecule has 1 aromatic heterocycles. The number of para-hydroxylation sites is 1. The highest BCUT2D eigenvalue weighted by molar-refractivity contribution is 5.99. The number of carbonyl (C=O) groups excluding carboxylic acids is 1. The Balaban J connectivity index is 1.96. The molecule has 0 aliphatic rings. The molecular weight excluding hydrogens is 386 g/mol. The third-order valence-electron chi connectivity index (χ3n) is 5.10. The Bertz CT molecular complexity index is 1150. The van der Waals surface area contributed by atoms with Gasteiger partial charge in [-0.15, -0.1) is 0 Å². The van der Waals surface area contributed by atoms with Gasteiger partial charge < -0.3 is 24.6 Å². The number of phenols is 1. The first-order valence-corrected chi connectivity index (χ1v) is 9.59. The van der Waals surface area contributed by atoms with E-state index in [9.17, 15) is 19.5 Å². The number of hydrogen-bond acceptors (Lipinski definition) is 7. The summed E-state index contributed by atoms with van der Waals surface area (Å²) in [7, 11) is 4.87. The first-order chi connectivity index (χ1) is 14.2. The molecular formula is C22H25N3O5. The molecule has 1 atom stereocenters. The molecule has 0 bridgehead atoms. The summed E-state index contributed by atoms with van der Waals surface area (Å²) in [5.74, 6) is 0.0298. The second-order valence-corrected chi connectivity index (χ2v) is 7.47. The maximum absolute atomic E-state index is 12.4. The van der Waals surface area contributed by atoms with Crippen molar-refractivity contribution in [1.82, 2.24) is 4.90 Å². The number of phenolic OH excluding ortho intramolecular Hbond substituents is 1. The van der Waals surface area contributed by atoms with Crippen molar-refractivity contribution in [2.75, 3.05) is 31.4 Å². The summed E-state index contributed by atoms with van der Waals surface area (Å²) >= 11 is 0. The fourth-order valence-corrected chi connectivity index (χ4v) is 3.47. The molecule has 3 rings (SSSR count). The van der Waals surface area contributed by atoms with E-state index in [1.165, 1.54) is 17.0 Å². The SMILES string of the molecule is CC[C@H](c1cc(C)co1)N(C)c1c(Nc2cccc(C(=O)N(C)C)c2O)c(=O)c1=O. The molecule has 2 N–H and O–H groups in total. The molecule has 0 saturated carbocycles. The normalized spacial score (nSPS) is 12.0. The zero-order valence-electron chi connectivity index (χ0n) is 17.6. The predicted octanol–water partition coefficient (Wildman–Crippen LogP) is 2.92. The number of rotatable bonds is 7. The number of aromatic hydroxyl groups is 1. The minimum atomic E-state index is -0.675. The number of hydrogen-bond donors (Lipinski definition) is 2. The summed E-state index contributed by atoms with van der Waals surface area (Å²) < 4.78 is 5.59. The largest absolute Gasteiger partial charge is 0.505 e. The van der Waals surface area contributed by atoms with Gasteiger partial charge >= 0.3 is 0 Å². The van der Waals surface area contributed by atoms with Crippen molar-refractivity contribution in [2.45, 2.75) is 26.3 Å². The average molecular weight is 411 g/mol. The number of aryl methyl sites for hydroxylation is 1. The Kier molecular flexibility index (Phi) is 5.69. The molecule has 8 heteroatoms. The summed E-state index contributed by atoms with van der Waals surface area (Å²) in [5.41, 5.74) is 0.237. The summed E-state index contributed by atoms with van der Waals surface area (Å²) in [5, 5.41) is 13.4. The Morgan fingerprint density at radius 3 is 2.47 bits per heavy atom. The highest BCUT2D eigenvalue weighted by Gasteiger charge is 2.30. The van der Waals surface area contributed by atoms with E-state index in [-0.39, 0.29) is 40.3 Å². The molecule has 158 valence electrons. The topological polar surface area (TPSA) is 103 Å². The van der Waals surface area contributed by atoms with Gasteiger partial charge in [-0.25, -0.2) is 0 Å². The lowest BCUT2D eigenvalue weighted by atomic mass is 10.1. The molecule has 0 spiro atoms. The van der Waals surface area contributed by atoms with Gasteiger partial charge in [0.25, 0.3) is 16.8 Å². The van der Waals surface area contributed by atoms with Crippen LogP contribution in [0.15, 0.2) is 44.5 Å². The Labute approximate surface area is 174 Å². The number of amides is 1. The fourth-order valence-electron chi connectivity index (χ4n) is 3.47. The molecule has 0 aliphatic heterocycles. The number of anilines is 3. The predicted molar refractivity (Wildman–Crippen MR) is 116 cm³/mol. The Morgan fingerprint density at radius 1 is 1.20 bits per heavy atom. The zero-order chi connectivity index (χ0) is 22.2. The van der Waals surface area contributed by atoms with E-state index in [0.29, 0.717) is 12.2 Å². The lowest BCUT2D eigenvalue weighted by Gasteiger charge is -2.30. The zero-order valence-corrected chi connectivity index (χ0v) is 17.6. The monoisotopic (exact) mass is 411 g/mol. The molecule has 0 saturated heterocycles. The molecule has 1 amide bonds. The molecule has 0 fully saturated rings. The van der Waals surface area contributed by atoms with E-state index >= 15 is 0 Å². The van der Waals surface area contributed by atoms with E-state index in [1.54, 1.807) is 38.4 Å². The van der Waals surface area contributed by atoms with E-state index in [1.807, 2.05) is 19.9 Å². The summed E-state index contributed by atoms with van der Waals surface area (Å²) in [6.07, 6.45) is 2.29. The van der Waals surface area contributed by atoms with Gasteiger partial charge in [-0.1, -0.05) is 13.0 Å². The molecule has 8 nitrogen and oxygen atoms in total. The van der Waals surface area contributed by atoms with Gasteiger partial charge in [0.05, 0.1) is 23.6 Å². The van der Waals surface area contributed by atoms with Gasteiger partial charge in [-0.3, -0.25) is 14.4 Å². The summed E-state index contributed by atoms with van der Waals surface area (Å²) in [6, 6.07) is 6.28. The smallest absolute Gasteiger partial charge is 0.257 e. The average Bonchev–Trinajstić information content (AvgIpc) is 3.14. The standard InChI is InChI=1S/C22H25N3O5/c1-6-15(16-10-12(2)11-30-16)25(5)18-17(20(27)21(18)28)23-14-9-7-8-13(19(14)26)22(29)24(3)4/h7-11,15,23,26H,6H2,1-5H3/t15-/m1/s1. The summed E-state index contributed by atoms with van der Waals surface area (Å²) in [6.45, 7) is 3.87. The van der Waals surface area contributed by atoms with Crippen molar-refractivity contribution in [2.24, 2.45) is 0 Å². The van der Waals surface area contributed by atoms with Crippen LogP contribution in [0.1, 0.15) is 41.1 Å². The lowest BCUT2D eigenvalue weighted by molar-refractivity contribution is 0.0824. The van der Waals surface area contributed by atoms with Crippen LogP contribution in [0.3, 0.4) is 0 Å². The van der Waals surface area contributed by atoms with E-state index in [4.69, 9.17) is 4.42 Å². The van der Waals surface area contributed by atoms with Crippen molar-refractivity contribution in [3.05, 3.63) is 67.9 Å². The van der Waals surface area contributed by atoms with Crippen LogP contribution < -0.4 is 21.1 Å². The first-order valence-electron chi connectivity index (χ1n) is 9.59. The van der Waals surface area contributed by atoms with Gasteiger partial charge in [0.1, 0.15) is 17.1 Å². The molecule has 0 unspecified atom stereocenters. The number of nitrogens with one attached hydrogen (secondary N) is 1. The Hall–Kier alpha value is -3.55. The van der Waals surface area contributed by atoms with Gasteiger partial charge in [0.15, 0.2) is 5.75 Å². The highest BCUT2D eigenvalue weighted by Crippen LogP contribution is 2.35. The molecule has 0 aliphatic carbocycles. The minimum absolute atomic E-state index is 0.0778. The number of carbonyl (C=O) groups is 1. The third-order valence-corrected chi connectivity index (χ3v) is 5.10. The Morgan fingerprint density at radius 2 is 1.90 bits per heavy atom. The maximum Gasteiger partial charge on any atom is 0.257 e. The quantitative estimate of drug-likeness (QED) is 0.455. The highest BCUT2D eigenvalue weighted by atomic mass is 16.3. The van der Waals surface area contributed by atoms with Gasteiger partial charge in [0.2, 0.25) is 0 Å². The molecule has 3 aromatic rings. The van der Waals surface area contributed by atoms with Crippen LogP contribution in [-0.2, 0) is 0 Å². The van der Waals surface area contributed by atoms with Crippen molar-refractivity contribution in [1.29, 1.82) is 0 Å². The molecule has 1 heterocycles. The van der Waals surface area contributed by atoms with Crippen LogP contribution in [0.5, 0.6) is 5.75 Å². The fraction of sp³-hybridized carbons (Fsp3) is 0.318. The van der Waals surface area contributed by atoms with Crippen molar-refractivity contribution in [3.8, 4) is 5.75 Å². The van der Waals surface area contributed by atoms with Crippen LogP contribution in [-0.4, -0.2) is 37.1 Å². The molecule has 0 radical (unpaired) electrons. The molecule has 2 aromatic carbocycles. The number of benzene rings is 1. The second kappa shape index (κ2) is 8.06. The maximum atomic E-state index is 12.4. The van der Waals surface area contributed by atoms with Crippen molar-refractivity contribution >= 4 is 23.0 Å². The van der Waals surface area contributed by atoms with Crippen LogP contribution in [0.2, 0.25) is 0 Å². The van der Waals surface area contributed by atoms with Crippen molar-refractivity contribution < 1.29 is 14.3 Å². The lowest BCUT2D eigenvalue weighted by Crippen LogP contribution is -2.42. The van der Waals surface area contributed by atoms with Crippen molar-refractivity contribution in [3.63, 3.8) is 0 Å². The van der Waals surface area contributed by atoms with Gasteiger partial charge in [-0.2, -0.15) is 0 Å². The minimum Gasteiger partial charge on any atom is -0.505 e. The summed E-state index contributed by atoms with van der Waals surface area (Å²) in [4.78, 5) is 40.0. The van der Waals surface area contributed by atoms with Crippen LogP contribution in [0.25, 0.3) is 0 Å². The van der Waals surface area contributed by atoms with Crippen LogP contribution >= 0.6 is 0 Å². The van der Waals surface area contributed by atoms with E-state index < -0.39 is 10.9 Å². The van der Waals surface area contributed by atoms with Crippen LogP contribution in [0.4, 0.5) is 17.1 Å². The number of nitrogens with zero attached hydrogens (tertiary/aromatic N) is 2. The first kappa shape index (κ1) is 21.2. The number of furan rings is 1. The second-order valence-electron chi connectivity index (χ2n) is 7.47. The van der Waals surface area contributed by atoms with E-state index in [2.05, 4.69) is 5.32 Å². The third kappa shape index (κ3) is 3.56. The van der Waals surface area contributed by atoms with Gasteiger partial charge in [-0.05, 0) is 37.1 Å².